The molecule has 3 amide bonds. The Morgan fingerprint density at radius 1 is 1.22 bits per heavy atom. The molecule has 0 fully saturated rings. The quantitative estimate of drug-likeness (QED) is 0.555. The van der Waals surface area contributed by atoms with Crippen LogP contribution in [0, 0.1) is 0 Å². The van der Waals surface area contributed by atoms with Crippen LogP contribution in [-0.4, -0.2) is 24.6 Å². The topological polar surface area (TPSA) is 79.5 Å². The number of unbranched alkanes of at least 4 members (excludes halogenated alkanes) is 1. The summed E-state index contributed by atoms with van der Waals surface area (Å²) in [6, 6.07) is 5.52. The zero-order chi connectivity index (χ0) is 16.7. The number of aryl methyl sites for hydroxylation is 2. The molecule has 0 aromatic heterocycles. The molecule has 6 heteroatoms. The Morgan fingerprint density at radius 3 is 2.78 bits per heavy atom. The van der Waals surface area contributed by atoms with Gasteiger partial charge in [0.05, 0.1) is 0 Å². The molecule has 0 aliphatic heterocycles. The van der Waals surface area contributed by atoms with Gasteiger partial charge in [-0.1, -0.05) is 19.4 Å². The maximum absolute atomic E-state index is 11.9. The number of hydrazine groups is 1. The van der Waals surface area contributed by atoms with Gasteiger partial charge in [0.15, 0.2) is 6.10 Å². The fraction of sp³-hybridized carbons (Fsp3) is 0.529. The van der Waals surface area contributed by atoms with Crippen LogP contribution in [0.4, 0.5) is 4.79 Å². The molecule has 0 bridgehead atoms. The minimum Gasteiger partial charge on any atom is -0.481 e. The van der Waals surface area contributed by atoms with Gasteiger partial charge in [0.25, 0.3) is 5.91 Å². The number of benzene rings is 1. The average Bonchev–Trinajstić information content (AvgIpc) is 3.00. The molecule has 0 spiro atoms. The molecule has 0 unspecified atom stereocenters. The summed E-state index contributed by atoms with van der Waals surface area (Å²) >= 11 is 0. The maximum Gasteiger partial charge on any atom is 0.333 e. The van der Waals surface area contributed by atoms with E-state index >= 15 is 0 Å². The van der Waals surface area contributed by atoms with Gasteiger partial charge in [0.1, 0.15) is 5.75 Å². The fourth-order valence-electron chi connectivity index (χ4n) is 2.52. The number of hydrogen-bond acceptors (Lipinski definition) is 3. The summed E-state index contributed by atoms with van der Waals surface area (Å²) in [7, 11) is 0. The summed E-state index contributed by atoms with van der Waals surface area (Å²) in [6.45, 7) is 4.28. The number of urea groups is 1. The Morgan fingerprint density at radius 2 is 2.00 bits per heavy atom. The molecule has 0 saturated heterocycles. The van der Waals surface area contributed by atoms with Crippen LogP contribution in [0.1, 0.15) is 44.2 Å². The van der Waals surface area contributed by atoms with E-state index in [0.717, 1.165) is 25.7 Å². The van der Waals surface area contributed by atoms with E-state index in [1.165, 1.54) is 17.5 Å². The predicted octanol–water partition coefficient (Wildman–Crippen LogP) is 2.07. The summed E-state index contributed by atoms with van der Waals surface area (Å²) in [6.07, 6.45) is 4.56. The van der Waals surface area contributed by atoms with E-state index in [2.05, 4.69) is 22.2 Å². The lowest BCUT2D eigenvalue weighted by atomic mass is 10.1. The van der Waals surface area contributed by atoms with E-state index in [4.69, 9.17) is 4.74 Å². The van der Waals surface area contributed by atoms with Crippen LogP contribution >= 0.6 is 0 Å². The first-order valence-corrected chi connectivity index (χ1v) is 8.22. The Balaban J connectivity index is 1.75. The van der Waals surface area contributed by atoms with Crippen molar-refractivity contribution in [2.45, 2.75) is 52.1 Å². The molecule has 1 aliphatic carbocycles. The van der Waals surface area contributed by atoms with Crippen molar-refractivity contribution in [3.05, 3.63) is 29.3 Å². The fourth-order valence-corrected chi connectivity index (χ4v) is 2.52. The number of nitrogens with one attached hydrogen (secondary N) is 3. The monoisotopic (exact) mass is 319 g/mol. The number of rotatable bonds is 6. The van der Waals surface area contributed by atoms with Gasteiger partial charge >= 0.3 is 6.03 Å². The number of amides is 3. The van der Waals surface area contributed by atoms with Gasteiger partial charge in [-0.15, -0.1) is 0 Å². The van der Waals surface area contributed by atoms with Gasteiger partial charge in [-0.05, 0) is 55.9 Å². The molecule has 126 valence electrons. The molecule has 1 atom stereocenters. The van der Waals surface area contributed by atoms with Crippen molar-refractivity contribution in [1.82, 2.24) is 16.2 Å². The van der Waals surface area contributed by atoms with Crippen molar-refractivity contribution >= 4 is 11.9 Å². The molecule has 2 rings (SSSR count). The van der Waals surface area contributed by atoms with Crippen LogP contribution < -0.4 is 20.9 Å². The van der Waals surface area contributed by atoms with Crippen molar-refractivity contribution in [3.8, 4) is 5.75 Å². The molecule has 1 aliphatic rings. The van der Waals surface area contributed by atoms with Crippen LogP contribution in [0.3, 0.4) is 0 Å². The number of carbonyl (C=O) groups is 2. The molecule has 23 heavy (non-hydrogen) atoms. The minimum absolute atomic E-state index is 0.392. The smallest absolute Gasteiger partial charge is 0.333 e. The molecule has 0 saturated carbocycles. The lowest BCUT2D eigenvalue weighted by molar-refractivity contribution is -0.128. The van der Waals surface area contributed by atoms with Crippen LogP contribution in [0.5, 0.6) is 5.75 Å². The molecule has 1 aromatic rings. The third kappa shape index (κ3) is 5.16. The standard InChI is InChI=1S/C17H25N3O3/c1-3-4-10-18-17(22)20-19-16(21)12(2)23-15-9-8-13-6-5-7-14(13)11-15/h8-9,11-12H,3-7,10H2,1-2H3,(H,19,21)(H2,18,20,22)/t12-/m0/s1. The summed E-state index contributed by atoms with van der Waals surface area (Å²) in [5.41, 5.74) is 7.33. The Hall–Kier alpha value is -2.24. The van der Waals surface area contributed by atoms with Gasteiger partial charge in [0, 0.05) is 6.54 Å². The van der Waals surface area contributed by atoms with Gasteiger partial charge < -0.3 is 10.1 Å². The molecule has 1 aromatic carbocycles. The number of hydrogen-bond donors (Lipinski definition) is 3. The second-order valence-corrected chi connectivity index (χ2v) is 5.77. The maximum atomic E-state index is 11.9. The van der Waals surface area contributed by atoms with Gasteiger partial charge in [-0.25, -0.2) is 10.2 Å². The predicted molar refractivity (Wildman–Crippen MR) is 88.1 cm³/mol. The number of carbonyl (C=O) groups excluding carboxylic acids is 2. The van der Waals surface area contributed by atoms with E-state index in [0.29, 0.717) is 12.3 Å². The lowest BCUT2D eigenvalue weighted by Crippen LogP contribution is -2.50. The van der Waals surface area contributed by atoms with E-state index in [9.17, 15) is 9.59 Å². The molecule has 0 heterocycles. The summed E-state index contributed by atoms with van der Waals surface area (Å²) in [4.78, 5) is 23.4. The lowest BCUT2D eigenvalue weighted by Gasteiger charge is -2.16. The highest BCUT2D eigenvalue weighted by molar-refractivity contribution is 5.84. The second-order valence-electron chi connectivity index (χ2n) is 5.77. The first-order valence-electron chi connectivity index (χ1n) is 8.22. The van der Waals surface area contributed by atoms with E-state index < -0.39 is 18.0 Å². The number of ether oxygens (including phenoxy) is 1. The second kappa shape index (κ2) is 8.41. The third-order valence-corrected chi connectivity index (χ3v) is 3.87. The average molecular weight is 319 g/mol. The van der Waals surface area contributed by atoms with Crippen LogP contribution in [0.25, 0.3) is 0 Å². The Bertz CT molecular complexity index is 560. The van der Waals surface area contributed by atoms with E-state index in [1.807, 2.05) is 19.1 Å². The molecular formula is C17H25N3O3. The zero-order valence-corrected chi connectivity index (χ0v) is 13.8. The SMILES string of the molecule is CCCCNC(=O)NNC(=O)[C@H](C)Oc1ccc2c(c1)CCC2. The molecule has 0 radical (unpaired) electrons. The van der Waals surface area contributed by atoms with Gasteiger partial charge in [-0.3, -0.25) is 10.2 Å². The van der Waals surface area contributed by atoms with Gasteiger partial charge in [0.2, 0.25) is 0 Å². The van der Waals surface area contributed by atoms with Crippen molar-refractivity contribution in [2.24, 2.45) is 0 Å². The summed E-state index contributed by atoms with van der Waals surface area (Å²) < 4.78 is 5.65. The highest BCUT2D eigenvalue weighted by Gasteiger charge is 2.17. The molecular weight excluding hydrogens is 294 g/mol. The van der Waals surface area contributed by atoms with Crippen LogP contribution in [0.2, 0.25) is 0 Å². The molecule has 6 nitrogen and oxygen atoms in total. The van der Waals surface area contributed by atoms with Crippen molar-refractivity contribution in [1.29, 1.82) is 0 Å². The summed E-state index contributed by atoms with van der Waals surface area (Å²) in [5.74, 6) is 0.289. The first kappa shape index (κ1) is 17.1. The minimum atomic E-state index is -0.689. The Kier molecular flexibility index (Phi) is 6.26. The van der Waals surface area contributed by atoms with E-state index in [1.54, 1.807) is 6.92 Å². The van der Waals surface area contributed by atoms with E-state index in [-0.39, 0.29) is 0 Å². The Labute approximate surface area is 136 Å². The van der Waals surface area contributed by atoms with Crippen molar-refractivity contribution < 1.29 is 14.3 Å². The largest absolute Gasteiger partial charge is 0.481 e. The van der Waals surface area contributed by atoms with Crippen molar-refractivity contribution in [3.63, 3.8) is 0 Å². The molecule has 3 N–H and O–H groups in total. The third-order valence-electron chi connectivity index (χ3n) is 3.87. The van der Waals surface area contributed by atoms with Crippen LogP contribution in [-0.2, 0) is 17.6 Å². The van der Waals surface area contributed by atoms with Crippen molar-refractivity contribution in [2.75, 3.05) is 6.54 Å². The first-order chi connectivity index (χ1) is 11.1. The van der Waals surface area contributed by atoms with Crippen LogP contribution in [0.15, 0.2) is 18.2 Å². The zero-order valence-electron chi connectivity index (χ0n) is 13.8. The highest BCUT2D eigenvalue weighted by atomic mass is 16.5. The highest BCUT2D eigenvalue weighted by Crippen LogP contribution is 2.26. The van der Waals surface area contributed by atoms with Gasteiger partial charge in [-0.2, -0.15) is 0 Å². The summed E-state index contributed by atoms with van der Waals surface area (Å²) in [5, 5.41) is 2.65. The normalized spacial score (nSPS) is 13.8. The number of fused-ring (bicyclic) bond motifs is 1.